The quantitative estimate of drug-likeness (QED) is 0.856. The number of carbonyl (C=O) groups excluding carboxylic acids is 1. The summed E-state index contributed by atoms with van der Waals surface area (Å²) < 4.78 is 5.10. The molecule has 0 atom stereocenters. The maximum Gasteiger partial charge on any atom is 0.407 e. The van der Waals surface area contributed by atoms with E-state index in [1.54, 1.807) is 0 Å². The Hall–Kier alpha value is -1.07. The van der Waals surface area contributed by atoms with Crippen LogP contribution in [0.5, 0.6) is 0 Å². The van der Waals surface area contributed by atoms with E-state index in [1.807, 2.05) is 32.2 Å². The lowest BCUT2D eigenvalue weighted by atomic mass is 10.2. The molecule has 0 aliphatic rings. The molecule has 1 amide bonds. The Morgan fingerprint density at radius 2 is 2.25 bits per heavy atom. The highest BCUT2D eigenvalue weighted by atomic mass is 32.1. The topological polar surface area (TPSA) is 58.6 Å². The highest BCUT2D eigenvalue weighted by molar-refractivity contribution is 7.10. The van der Waals surface area contributed by atoms with Crippen molar-refractivity contribution < 1.29 is 14.6 Å². The van der Waals surface area contributed by atoms with Gasteiger partial charge >= 0.3 is 6.09 Å². The van der Waals surface area contributed by atoms with Gasteiger partial charge in [0.25, 0.3) is 0 Å². The van der Waals surface area contributed by atoms with Crippen molar-refractivity contribution in [1.29, 1.82) is 0 Å². The van der Waals surface area contributed by atoms with E-state index in [4.69, 9.17) is 9.84 Å². The molecule has 2 N–H and O–H groups in total. The Labute approximate surface area is 99.2 Å². The normalized spacial score (nSPS) is 11.2. The molecule has 4 nitrogen and oxygen atoms in total. The fraction of sp³-hybridized carbons (Fsp3) is 0.545. The van der Waals surface area contributed by atoms with Gasteiger partial charge in [-0.05, 0) is 37.8 Å². The maximum absolute atomic E-state index is 11.3. The zero-order valence-electron chi connectivity index (χ0n) is 9.74. The maximum atomic E-state index is 11.3. The van der Waals surface area contributed by atoms with Crippen molar-refractivity contribution in [3.05, 3.63) is 21.9 Å². The van der Waals surface area contributed by atoms with Crippen molar-refractivity contribution in [1.82, 2.24) is 5.32 Å². The van der Waals surface area contributed by atoms with E-state index >= 15 is 0 Å². The van der Waals surface area contributed by atoms with Crippen LogP contribution in [0, 0.1) is 0 Å². The molecule has 0 radical (unpaired) electrons. The van der Waals surface area contributed by atoms with Crippen LogP contribution in [0.4, 0.5) is 4.79 Å². The summed E-state index contributed by atoms with van der Waals surface area (Å²) in [6.07, 6.45) is -0.425. The van der Waals surface area contributed by atoms with E-state index in [9.17, 15) is 4.79 Å². The summed E-state index contributed by atoms with van der Waals surface area (Å²) in [5.41, 5.74) is 0.390. The van der Waals surface area contributed by atoms with Gasteiger partial charge in [-0.25, -0.2) is 4.79 Å². The Bertz CT molecular complexity index is 354. The number of hydrogen-bond donors (Lipinski definition) is 2. The third-order valence-electron chi connectivity index (χ3n) is 1.70. The van der Waals surface area contributed by atoms with Gasteiger partial charge in [-0.3, -0.25) is 0 Å². The van der Waals surface area contributed by atoms with Crippen molar-refractivity contribution in [2.75, 3.05) is 0 Å². The first-order valence-corrected chi connectivity index (χ1v) is 5.92. The molecular formula is C11H17NO3S. The fourth-order valence-corrected chi connectivity index (χ4v) is 1.90. The van der Waals surface area contributed by atoms with Crippen LogP contribution in [0.1, 0.15) is 31.2 Å². The minimum atomic E-state index is -0.476. The second kappa shape index (κ2) is 5.32. The van der Waals surface area contributed by atoms with Crippen LogP contribution < -0.4 is 5.32 Å². The molecular weight excluding hydrogens is 226 g/mol. The lowest BCUT2D eigenvalue weighted by molar-refractivity contribution is 0.0524. The Morgan fingerprint density at radius 3 is 2.75 bits per heavy atom. The summed E-state index contributed by atoms with van der Waals surface area (Å²) in [6, 6.07) is 1.86. The number of nitrogens with one attached hydrogen (secondary N) is 1. The second-order valence-corrected chi connectivity index (χ2v) is 5.43. The van der Waals surface area contributed by atoms with Gasteiger partial charge in [-0.1, -0.05) is 0 Å². The standard InChI is InChI=1S/C11H17NO3S/c1-11(2,3)15-10(14)12-5-9-4-8(6-13)7-16-9/h4,7,13H,5-6H2,1-3H3,(H,12,14). The summed E-state index contributed by atoms with van der Waals surface area (Å²) in [5.74, 6) is 0. The van der Waals surface area contributed by atoms with Crippen molar-refractivity contribution >= 4 is 17.4 Å². The minimum Gasteiger partial charge on any atom is -0.444 e. The Kier molecular flexibility index (Phi) is 4.32. The van der Waals surface area contributed by atoms with Crippen LogP contribution in [0.2, 0.25) is 0 Å². The first kappa shape index (κ1) is 13.0. The molecule has 5 heteroatoms. The molecule has 90 valence electrons. The molecule has 1 rings (SSSR count). The van der Waals surface area contributed by atoms with Gasteiger partial charge in [0, 0.05) is 4.88 Å². The van der Waals surface area contributed by atoms with Gasteiger partial charge in [-0.2, -0.15) is 0 Å². The molecule has 1 aromatic heterocycles. The average Bonchev–Trinajstić information content (AvgIpc) is 2.59. The number of aliphatic hydroxyl groups is 1. The van der Waals surface area contributed by atoms with Gasteiger partial charge in [-0.15, -0.1) is 11.3 Å². The van der Waals surface area contributed by atoms with Crippen LogP contribution in [0.3, 0.4) is 0 Å². The van der Waals surface area contributed by atoms with Gasteiger partial charge in [0.15, 0.2) is 0 Å². The zero-order chi connectivity index (χ0) is 12.2. The molecule has 0 fully saturated rings. The van der Waals surface area contributed by atoms with Crippen molar-refractivity contribution in [2.24, 2.45) is 0 Å². The lowest BCUT2D eigenvalue weighted by Gasteiger charge is -2.19. The fourth-order valence-electron chi connectivity index (χ4n) is 1.08. The predicted octanol–water partition coefficient (Wildman–Crippen LogP) is 2.27. The Balaban J connectivity index is 2.37. The molecule has 16 heavy (non-hydrogen) atoms. The largest absolute Gasteiger partial charge is 0.444 e. The number of thiophene rings is 1. The van der Waals surface area contributed by atoms with E-state index in [1.165, 1.54) is 11.3 Å². The number of hydrogen-bond acceptors (Lipinski definition) is 4. The molecule has 1 heterocycles. The molecule has 1 aromatic rings. The van der Waals surface area contributed by atoms with Crippen LogP contribution in [-0.4, -0.2) is 16.8 Å². The van der Waals surface area contributed by atoms with Crippen molar-refractivity contribution in [3.63, 3.8) is 0 Å². The van der Waals surface area contributed by atoms with Crippen molar-refractivity contribution in [2.45, 2.75) is 39.5 Å². The lowest BCUT2D eigenvalue weighted by Crippen LogP contribution is -2.31. The van der Waals surface area contributed by atoms with Crippen LogP contribution in [0.15, 0.2) is 11.4 Å². The van der Waals surface area contributed by atoms with Crippen LogP contribution >= 0.6 is 11.3 Å². The molecule has 0 spiro atoms. The molecule has 0 aromatic carbocycles. The molecule has 0 unspecified atom stereocenters. The van der Waals surface area contributed by atoms with E-state index in [2.05, 4.69) is 5.32 Å². The summed E-state index contributed by atoms with van der Waals surface area (Å²) in [6.45, 7) is 5.92. The summed E-state index contributed by atoms with van der Waals surface area (Å²) in [5, 5.41) is 13.4. The van der Waals surface area contributed by atoms with Crippen molar-refractivity contribution in [3.8, 4) is 0 Å². The number of aliphatic hydroxyl groups excluding tert-OH is 1. The summed E-state index contributed by atoms with van der Waals surface area (Å²) in [4.78, 5) is 12.3. The number of ether oxygens (including phenoxy) is 1. The van der Waals surface area contributed by atoms with Gasteiger partial charge < -0.3 is 15.2 Å². The zero-order valence-corrected chi connectivity index (χ0v) is 10.6. The van der Waals surface area contributed by atoms with Gasteiger partial charge in [0.2, 0.25) is 0 Å². The van der Waals surface area contributed by atoms with Gasteiger partial charge in [0.1, 0.15) is 5.60 Å². The molecule has 0 saturated heterocycles. The molecule has 0 aliphatic heterocycles. The SMILES string of the molecule is CC(C)(C)OC(=O)NCc1cc(CO)cs1. The van der Waals surface area contributed by atoms with Gasteiger partial charge in [0.05, 0.1) is 13.2 Å². The first-order chi connectivity index (χ1) is 7.40. The van der Waals surface area contributed by atoms with E-state index < -0.39 is 11.7 Å². The van der Waals surface area contributed by atoms with E-state index in [0.717, 1.165) is 10.4 Å². The van der Waals surface area contributed by atoms with Crippen LogP contribution in [0.25, 0.3) is 0 Å². The van der Waals surface area contributed by atoms with Crippen LogP contribution in [-0.2, 0) is 17.9 Å². The number of alkyl carbamates (subject to hydrolysis) is 1. The predicted molar refractivity (Wildman–Crippen MR) is 63.3 cm³/mol. The summed E-state index contributed by atoms with van der Waals surface area (Å²) in [7, 11) is 0. The third kappa shape index (κ3) is 4.63. The molecule has 0 saturated carbocycles. The highest BCUT2D eigenvalue weighted by Crippen LogP contribution is 2.14. The number of rotatable bonds is 3. The first-order valence-electron chi connectivity index (χ1n) is 5.05. The highest BCUT2D eigenvalue weighted by Gasteiger charge is 2.15. The molecule has 0 bridgehead atoms. The number of carbonyl (C=O) groups is 1. The van der Waals surface area contributed by atoms with E-state index in [-0.39, 0.29) is 6.61 Å². The minimum absolute atomic E-state index is 0.0307. The summed E-state index contributed by atoms with van der Waals surface area (Å²) >= 11 is 1.50. The third-order valence-corrected chi connectivity index (χ3v) is 2.68. The number of amides is 1. The monoisotopic (exact) mass is 243 g/mol. The van der Waals surface area contributed by atoms with E-state index in [0.29, 0.717) is 6.54 Å². The second-order valence-electron chi connectivity index (χ2n) is 4.43. The smallest absolute Gasteiger partial charge is 0.407 e. The average molecular weight is 243 g/mol. The Morgan fingerprint density at radius 1 is 1.56 bits per heavy atom. The molecule has 0 aliphatic carbocycles.